The van der Waals surface area contributed by atoms with Crippen LogP contribution >= 0.6 is 0 Å². The number of esters is 1. The van der Waals surface area contributed by atoms with Crippen molar-refractivity contribution in [3.63, 3.8) is 0 Å². The Kier molecular flexibility index (Phi) is 8.88. The second-order valence-corrected chi connectivity index (χ2v) is 10.2. The molecule has 1 aliphatic rings. The van der Waals surface area contributed by atoms with E-state index < -0.39 is 40.0 Å². The van der Waals surface area contributed by atoms with E-state index in [1.165, 1.54) is 19.1 Å². The summed E-state index contributed by atoms with van der Waals surface area (Å²) in [4.78, 5) is 39.9. The highest BCUT2D eigenvalue weighted by molar-refractivity contribution is 7.88. The molecule has 2 aromatic carbocycles. The Hall–Kier alpha value is -3.64. The first-order chi connectivity index (χ1) is 17.1. The minimum atomic E-state index is -3.77. The summed E-state index contributed by atoms with van der Waals surface area (Å²) in [6.45, 7) is -0.156. The van der Waals surface area contributed by atoms with Crippen LogP contribution in [0.5, 0.6) is 5.75 Å². The van der Waals surface area contributed by atoms with Crippen molar-refractivity contribution in [2.75, 3.05) is 45.4 Å². The molecular formula is C24H30N4O7S. The number of nitrogens with zero attached hydrogens (tertiary/aromatic N) is 2. The normalized spacial score (nSPS) is 17.1. The highest BCUT2D eigenvalue weighted by Gasteiger charge is 2.40. The lowest BCUT2D eigenvalue weighted by atomic mass is 10.0. The third kappa shape index (κ3) is 6.95. The lowest BCUT2D eigenvalue weighted by molar-refractivity contribution is -0.145. The molecule has 0 bridgehead atoms. The molecule has 1 fully saturated rings. The Bertz CT molecular complexity index is 1170. The maximum atomic E-state index is 13.3. The van der Waals surface area contributed by atoms with E-state index in [0.29, 0.717) is 11.4 Å². The molecule has 2 aromatic rings. The first kappa shape index (κ1) is 27.0. The predicted molar refractivity (Wildman–Crippen MR) is 133 cm³/mol. The van der Waals surface area contributed by atoms with Crippen molar-refractivity contribution in [3.05, 3.63) is 60.2 Å². The van der Waals surface area contributed by atoms with Gasteiger partial charge in [0, 0.05) is 31.7 Å². The molecule has 0 radical (unpaired) electrons. The van der Waals surface area contributed by atoms with E-state index in [4.69, 9.17) is 9.47 Å². The van der Waals surface area contributed by atoms with Crippen molar-refractivity contribution in [1.82, 2.24) is 14.5 Å². The highest BCUT2D eigenvalue weighted by atomic mass is 32.2. The van der Waals surface area contributed by atoms with Gasteiger partial charge in [-0.1, -0.05) is 30.3 Å². The summed E-state index contributed by atoms with van der Waals surface area (Å²) in [5.74, 6) is -0.751. The average molecular weight is 519 g/mol. The molecule has 3 rings (SSSR count). The molecule has 36 heavy (non-hydrogen) atoms. The van der Waals surface area contributed by atoms with Crippen molar-refractivity contribution in [1.29, 1.82) is 0 Å². The lowest BCUT2D eigenvalue weighted by Gasteiger charge is -2.39. The van der Waals surface area contributed by atoms with E-state index in [1.54, 1.807) is 48.5 Å². The van der Waals surface area contributed by atoms with Gasteiger partial charge in [-0.25, -0.2) is 18.0 Å². The van der Waals surface area contributed by atoms with Crippen LogP contribution in [0.25, 0.3) is 0 Å². The Balaban J connectivity index is 1.77. The summed E-state index contributed by atoms with van der Waals surface area (Å²) in [5.41, 5.74) is 1.30. The maximum absolute atomic E-state index is 13.3. The van der Waals surface area contributed by atoms with Gasteiger partial charge in [0.05, 0.1) is 20.5 Å². The van der Waals surface area contributed by atoms with Crippen LogP contribution in [0.2, 0.25) is 0 Å². The first-order valence-corrected chi connectivity index (χ1v) is 13.1. The van der Waals surface area contributed by atoms with E-state index in [-0.39, 0.29) is 26.1 Å². The Labute approximate surface area is 210 Å². The molecular weight excluding hydrogens is 488 g/mol. The standard InChI is InChI=1S/C24H30N4O7S/c1-34-19-11-9-17(10-12-19)15-20(23(30)35-2)26-22(29)21-16-27(13-14-28(21)36(3,32)33)24(31)25-18-7-5-4-6-8-18/h4-12,20-21H,13-16H2,1-3H3,(H,25,31)(H,26,29)/t20-,21+/m0/s1. The quantitative estimate of drug-likeness (QED) is 0.499. The number of methoxy groups -OCH3 is 2. The number of rotatable bonds is 8. The van der Waals surface area contributed by atoms with Crippen molar-refractivity contribution < 1.29 is 32.3 Å². The number of hydrogen-bond donors (Lipinski definition) is 2. The van der Waals surface area contributed by atoms with Crippen molar-refractivity contribution >= 4 is 33.6 Å². The smallest absolute Gasteiger partial charge is 0.328 e. The number of urea groups is 1. The molecule has 1 aliphatic heterocycles. The van der Waals surface area contributed by atoms with Gasteiger partial charge < -0.3 is 25.0 Å². The first-order valence-electron chi connectivity index (χ1n) is 11.2. The molecule has 3 amide bonds. The number of anilines is 1. The number of piperazine rings is 1. The molecule has 0 unspecified atom stereocenters. The predicted octanol–water partition coefficient (Wildman–Crippen LogP) is 1.07. The summed E-state index contributed by atoms with van der Waals surface area (Å²) >= 11 is 0. The Morgan fingerprint density at radius 2 is 1.69 bits per heavy atom. The van der Waals surface area contributed by atoms with Gasteiger partial charge in [-0.2, -0.15) is 4.31 Å². The third-order valence-electron chi connectivity index (χ3n) is 5.77. The minimum absolute atomic E-state index is 0.0689. The van der Waals surface area contributed by atoms with Crippen LogP contribution < -0.4 is 15.4 Å². The van der Waals surface area contributed by atoms with Crippen molar-refractivity contribution in [2.45, 2.75) is 18.5 Å². The number of carbonyl (C=O) groups excluding carboxylic acids is 3. The number of ether oxygens (including phenoxy) is 2. The van der Waals surface area contributed by atoms with Crippen LogP contribution in [0.4, 0.5) is 10.5 Å². The van der Waals surface area contributed by atoms with Gasteiger partial charge >= 0.3 is 12.0 Å². The zero-order valence-corrected chi connectivity index (χ0v) is 21.2. The molecule has 1 saturated heterocycles. The second-order valence-electron chi connectivity index (χ2n) is 8.27. The molecule has 0 aliphatic carbocycles. The summed E-state index contributed by atoms with van der Waals surface area (Å²) in [7, 11) is -1.03. The van der Waals surface area contributed by atoms with E-state index in [1.807, 2.05) is 6.07 Å². The highest BCUT2D eigenvalue weighted by Crippen LogP contribution is 2.17. The summed E-state index contributed by atoms with van der Waals surface area (Å²) in [5, 5.41) is 5.35. The van der Waals surface area contributed by atoms with Crippen molar-refractivity contribution in [2.24, 2.45) is 0 Å². The van der Waals surface area contributed by atoms with Crippen LogP contribution in [0, 0.1) is 0 Å². The monoisotopic (exact) mass is 518 g/mol. The molecule has 2 atom stereocenters. The van der Waals surface area contributed by atoms with Gasteiger partial charge in [0.25, 0.3) is 0 Å². The van der Waals surface area contributed by atoms with Gasteiger partial charge in [0.15, 0.2) is 0 Å². The zero-order valence-electron chi connectivity index (χ0n) is 20.3. The van der Waals surface area contributed by atoms with E-state index in [0.717, 1.165) is 16.1 Å². The molecule has 0 aromatic heterocycles. The minimum Gasteiger partial charge on any atom is -0.497 e. The van der Waals surface area contributed by atoms with E-state index in [9.17, 15) is 22.8 Å². The SMILES string of the molecule is COC(=O)[C@H](Cc1ccc(OC)cc1)NC(=O)[C@H]1CN(C(=O)Nc2ccccc2)CCN1S(C)(=O)=O. The van der Waals surface area contributed by atoms with Crippen LogP contribution in [-0.2, 0) is 30.8 Å². The number of hydrogen-bond acceptors (Lipinski definition) is 7. The molecule has 11 nitrogen and oxygen atoms in total. The topological polar surface area (TPSA) is 134 Å². The number of carbonyl (C=O) groups is 3. The largest absolute Gasteiger partial charge is 0.497 e. The Morgan fingerprint density at radius 1 is 1.03 bits per heavy atom. The fourth-order valence-electron chi connectivity index (χ4n) is 3.89. The number of benzene rings is 2. The van der Waals surface area contributed by atoms with Gasteiger partial charge in [-0.05, 0) is 29.8 Å². The van der Waals surface area contributed by atoms with E-state index >= 15 is 0 Å². The summed E-state index contributed by atoms with van der Waals surface area (Å²) < 4.78 is 35.9. The van der Waals surface area contributed by atoms with Gasteiger partial charge in [-0.3, -0.25) is 4.79 Å². The van der Waals surface area contributed by atoms with Gasteiger partial charge in [-0.15, -0.1) is 0 Å². The molecule has 12 heteroatoms. The summed E-state index contributed by atoms with van der Waals surface area (Å²) in [6.07, 6.45) is 1.12. The van der Waals surface area contributed by atoms with E-state index in [2.05, 4.69) is 10.6 Å². The molecule has 0 saturated carbocycles. The van der Waals surface area contributed by atoms with Crippen LogP contribution in [-0.4, -0.2) is 87.7 Å². The average Bonchev–Trinajstić information content (AvgIpc) is 2.87. The molecule has 2 N–H and O–H groups in total. The second kappa shape index (κ2) is 11.9. The lowest BCUT2D eigenvalue weighted by Crippen LogP contribution is -2.63. The Morgan fingerprint density at radius 3 is 2.28 bits per heavy atom. The third-order valence-corrected chi connectivity index (χ3v) is 7.06. The number of amides is 3. The number of nitrogens with one attached hydrogen (secondary N) is 2. The number of para-hydroxylation sites is 1. The van der Waals surface area contributed by atoms with Crippen LogP contribution in [0.15, 0.2) is 54.6 Å². The zero-order chi connectivity index (χ0) is 26.3. The van der Waals surface area contributed by atoms with Gasteiger partial charge in [0.2, 0.25) is 15.9 Å². The maximum Gasteiger partial charge on any atom is 0.328 e. The van der Waals surface area contributed by atoms with Crippen LogP contribution in [0.3, 0.4) is 0 Å². The number of sulfonamides is 1. The molecule has 0 spiro atoms. The molecule has 1 heterocycles. The fourth-order valence-corrected chi connectivity index (χ4v) is 4.92. The van der Waals surface area contributed by atoms with Gasteiger partial charge in [0.1, 0.15) is 17.8 Å². The molecule has 194 valence electrons. The van der Waals surface area contributed by atoms with Crippen molar-refractivity contribution in [3.8, 4) is 5.75 Å². The summed E-state index contributed by atoms with van der Waals surface area (Å²) in [6, 6.07) is 13.0. The fraction of sp³-hybridized carbons (Fsp3) is 0.375. The van der Waals surface area contributed by atoms with Crippen LogP contribution in [0.1, 0.15) is 5.56 Å².